The number of halogens is 3. The van der Waals surface area contributed by atoms with Gasteiger partial charge < -0.3 is 10.6 Å². The normalized spacial score (nSPS) is 11.3. The van der Waals surface area contributed by atoms with E-state index in [9.17, 15) is 13.2 Å². The number of hydrogen-bond acceptors (Lipinski definition) is 4. The molecule has 0 atom stereocenters. The fraction of sp³-hybridized carbons (Fsp3) is 0.444. The second-order valence-electron chi connectivity index (χ2n) is 3.27. The fourth-order valence-electron chi connectivity index (χ4n) is 1.30. The minimum Gasteiger partial charge on any atom is -0.382 e. The van der Waals surface area contributed by atoms with Crippen molar-refractivity contribution in [3.8, 4) is 0 Å². The zero-order chi connectivity index (χ0) is 13.1. The SMILES string of the molecule is CCN(CC(F)(F)F)c1nccnc1C(=N)N. The molecule has 0 amide bonds. The van der Waals surface area contributed by atoms with Crippen LogP contribution in [-0.4, -0.2) is 35.1 Å². The molecule has 8 heteroatoms. The molecule has 94 valence electrons. The minimum atomic E-state index is -4.35. The van der Waals surface area contributed by atoms with E-state index in [2.05, 4.69) is 9.97 Å². The van der Waals surface area contributed by atoms with Crippen molar-refractivity contribution in [2.24, 2.45) is 5.73 Å². The topological polar surface area (TPSA) is 78.9 Å². The molecule has 0 aliphatic rings. The van der Waals surface area contributed by atoms with E-state index >= 15 is 0 Å². The maximum absolute atomic E-state index is 12.3. The van der Waals surface area contributed by atoms with Crippen molar-refractivity contribution in [3.05, 3.63) is 18.1 Å². The Balaban J connectivity index is 3.07. The standard InChI is InChI=1S/C9H12F3N5/c1-2-17(5-9(10,11)12)8-6(7(13)14)15-3-4-16-8/h3-4H,2,5H2,1H3,(H3,13,14). The molecule has 0 fully saturated rings. The Labute approximate surface area is 96.0 Å². The van der Waals surface area contributed by atoms with Crippen LogP contribution in [0, 0.1) is 5.41 Å². The molecule has 0 aliphatic carbocycles. The summed E-state index contributed by atoms with van der Waals surface area (Å²) < 4.78 is 37.0. The Kier molecular flexibility index (Phi) is 3.87. The summed E-state index contributed by atoms with van der Waals surface area (Å²) in [6, 6.07) is 0. The van der Waals surface area contributed by atoms with Crippen LogP contribution in [0.15, 0.2) is 12.4 Å². The minimum absolute atomic E-state index is 0.0279. The van der Waals surface area contributed by atoms with Gasteiger partial charge >= 0.3 is 6.18 Å². The lowest BCUT2D eigenvalue weighted by Gasteiger charge is -2.24. The van der Waals surface area contributed by atoms with Gasteiger partial charge in [0.15, 0.2) is 5.82 Å². The summed E-state index contributed by atoms with van der Waals surface area (Å²) in [5.74, 6) is -0.437. The monoisotopic (exact) mass is 247 g/mol. The predicted molar refractivity (Wildman–Crippen MR) is 57.0 cm³/mol. The molecule has 0 saturated heterocycles. The van der Waals surface area contributed by atoms with E-state index < -0.39 is 18.6 Å². The van der Waals surface area contributed by atoms with Gasteiger partial charge in [0.2, 0.25) is 0 Å². The summed E-state index contributed by atoms with van der Waals surface area (Å²) in [5, 5.41) is 7.24. The first kappa shape index (κ1) is 13.2. The lowest BCUT2D eigenvalue weighted by Crippen LogP contribution is -2.36. The first-order chi connectivity index (χ1) is 7.85. The predicted octanol–water partition coefficient (Wildman–Crippen LogP) is 1.15. The Morgan fingerprint density at radius 3 is 2.47 bits per heavy atom. The van der Waals surface area contributed by atoms with Gasteiger partial charge in [-0.25, -0.2) is 9.97 Å². The van der Waals surface area contributed by atoms with E-state index in [-0.39, 0.29) is 18.1 Å². The molecule has 3 N–H and O–H groups in total. The van der Waals surface area contributed by atoms with Crippen LogP contribution < -0.4 is 10.6 Å². The van der Waals surface area contributed by atoms with E-state index in [0.29, 0.717) is 0 Å². The molecule has 0 saturated carbocycles. The number of nitrogens with two attached hydrogens (primary N) is 1. The Morgan fingerprint density at radius 2 is 2.00 bits per heavy atom. The molecule has 1 rings (SSSR count). The van der Waals surface area contributed by atoms with Crippen molar-refractivity contribution >= 4 is 11.7 Å². The number of nitrogen functional groups attached to an aromatic ring is 1. The average molecular weight is 247 g/mol. The second-order valence-corrected chi connectivity index (χ2v) is 3.27. The van der Waals surface area contributed by atoms with E-state index in [0.717, 1.165) is 4.90 Å². The van der Waals surface area contributed by atoms with Gasteiger partial charge in [0, 0.05) is 18.9 Å². The summed E-state index contributed by atoms with van der Waals surface area (Å²) >= 11 is 0. The summed E-state index contributed by atoms with van der Waals surface area (Å²) in [4.78, 5) is 8.53. The lowest BCUT2D eigenvalue weighted by atomic mass is 10.3. The number of rotatable bonds is 4. The molecule has 1 heterocycles. The highest BCUT2D eigenvalue weighted by atomic mass is 19.4. The number of aromatic nitrogens is 2. The van der Waals surface area contributed by atoms with Gasteiger partial charge in [0.25, 0.3) is 0 Å². The van der Waals surface area contributed by atoms with Crippen LogP contribution in [0.3, 0.4) is 0 Å². The third-order valence-electron chi connectivity index (χ3n) is 1.99. The Bertz CT molecular complexity index is 404. The van der Waals surface area contributed by atoms with Gasteiger partial charge in [-0.3, -0.25) is 5.41 Å². The smallest absolute Gasteiger partial charge is 0.382 e. The molecule has 17 heavy (non-hydrogen) atoms. The Morgan fingerprint density at radius 1 is 1.41 bits per heavy atom. The van der Waals surface area contributed by atoms with E-state index in [4.69, 9.17) is 11.1 Å². The molecule has 0 unspecified atom stereocenters. The number of anilines is 1. The molecular formula is C9H12F3N5. The molecule has 1 aromatic heterocycles. The van der Waals surface area contributed by atoms with Crippen LogP contribution in [0.4, 0.5) is 19.0 Å². The zero-order valence-electron chi connectivity index (χ0n) is 9.12. The van der Waals surface area contributed by atoms with Crippen LogP contribution in [0.2, 0.25) is 0 Å². The van der Waals surface area contributed by atoms with Crippen molar-refractivity contribution in [1.82, 2.24) is 9.97 Å². The van der Waals surface area contributed by atoms with Gasteiger partial charge in [-0.1, -0.05) is 0 Å². The van der Waals surface area contributed by atoms with E-state index in [1.54, 1.807) is 6.92 Å². The molecule has 0 aliphatic heterocycles. The molecule has 0 radical (unpaired) electrons. The highest BCUT2D eigenvalue weighted by Gasteiger charge is 2.32. The highest BCUT2D eigenvalue weighted by Crippen LogP contribution is 2.21. The van der Waals surface area contributed by atoms with Crippen LogP contribution >= 0.6 is 0 Å². The van der Waals surface area contributed by atoms with Crippen molar-refractivity contribution in [2.45, 2.75) is 13.1 Å². The second kappa shape index (κ2) is 4.98. The number of nitrogens with one attached hydrogen (secondary N) is 1. The van der Waals surface area contributed by atoms with Crippen molar-refractivity contribution in [3.63, 3.8) is 0 Å². The first-order valence-electron chi connectivity index (χ1n) is 4.82. The lowest BCUT2D eigenvalue weighted by molar-refractivity contribution is -0.119. The fourth-order valence-corrected chi connectivity index (χ4v) is 1.30. The number of nitrogens with zero attached hydrogens (tertiary/aromatic N) is 3. The van der Waals surface area contributed by atoms with E-state index in [1.165, 1.54) is 12.4 Å². The summed E-state index contributed by atoms with van der Waals surface area (Å²) in [6.45, 7) is 0.505. The quantitative estimate of drug-likeness (QED) is 0.618. The summed E-state index contributed by atoms with van der Waals surface area (Å²) in [7, 11) is 0. The molecule has 5 nitrogen and oxygen atoms in total. The van der Waals surface area contributed by atoms with Gasteiger partial charge in [-0.2, -0.15) is 13.2 Å². The van der Waals surface area contributed by atoms with Crippen LogP contribution in [0.25, 0.3) is 0 Å². The third-order valence-corrected chi connectivity index (χ3v) is 1.99. The van der Waals surface area contributed by atoms with Crippen molar-refractivity contribution in [2.75, 3.05) is 18.0 Å². The number of hydrogen-bond donors (Lipinski definition) is 2. The van der Waals surface area contributed by atoms with Crippen molar-refractivity contribution in [1.29, 1.82) is 5.41 Å². The number of alkyl halides is 3. The van der Waals surface area contributed by atoms with Gasteiger partial charge in [0.1, 0.15) is 18.1 Å². The maximum Gasteiger partial charge on any atom is 0.405 e. The molecule has 0 aromatic carbocycles. The summed E-state index contributed by atoms with van der Waals surface area (Å²) in [6.07, 6.45) is -1.80. The largest absolute Gasteiger partial charge is 0.405 e. The van der Waals surface area contributed by atoms with Crippen molar-refractivity contribution < 1.29 is 13.2 Å². The van der Waals surface area contributed by atoms with E-state index in [1.807, 2.05) is 0 Å². The summed E-state index contributed by atoms with van der Waals surface area (Å²) in [5.41, 5.74) is 5.20. The molecule has 1 aromatic rings. The highest BCUT2D eigenvalue weighted by molar-refractivity contribution is 5.97. The third kappa shape index (κ3) is 3.58. The zero-order valence-corrected chi connectivity index (χ0v) is 9.12. The maximum atomic E-state index is 12.3. The molecular weight excluding hydrogens is 235 g/mol. The molecule has 0 bridgehead atoms. The van der Waals surface area contributed by atoms with Gasteiger partial charge in [-0.05, 0) is 6.92 Å². The number of amidine groups is 1. The first-order valence-corrected chi connectivity index (χ1v) is 4.82. The average Bonchev–Trinajstić information content (AvgIpc) is 2.24. The molecule has 0 spiro atoms. The van der Waals surface area contributed by atoms with Gasteiger partial charge in [-0.15, -0.1) is 0 Å². The van der Waals surface area contributed by atoms with Crippen LogP contribution in [0.5, 0.6) is 0 Å². The van der Waals surface area contributed by atoms with Crippen LogP contribution in [0.1, 0.15) is 12.6 Å². The van der Waals surface area contributed by atoms with Crippen LogP contribution in [-0.2, 0) is 0 Å². The Hall–Kier alpha value is -1.86. The van der Waals surface area contributed by atoms with Gasteiger partial charge in [0.05, 0.1) is 0 Å².